The molecule has 1 atom stereocenters. The summed E-state index contributed by atoms with van der Waals surface area (Å²) in [5.74, 6) is 0.381. The molecule has 0 amide bonds. The van der Waals surface area contributed by atoms with Crippen LogP contribution in [0.4, 0.5) is 0 Å². The second-order valence-corrected chi connectivity index (χ2v) is 3.43. The minimum Gasteiger partial charge on any atom is -0.320 e. The lowest BCUT2D eigenvalue weighted by Gasteiger charge is -2.17. The van der Waals surface area contributed by atoms with Crippen molar-refractivity contribution in [3.05, 3.63) is 23.3 Å². The molecular formula is C11H15NO2. The maximum absolute atomic E-state index is 10.7. The van der Waals surface area contributed by atoms with Gasteiger partial charge in [-0.1, -0.05) is 12.2 Å². The molecule has 3 nitrogen and oxygen atoms in total. The van der Waals surface area contributed by atoms with Crippen molar-refractivity contribution >= 4 is 12.6 Å². The standard InChI is InChI=1S/C11H15NO2/c1-12-5-4-9-2-3-10(7-13)11(6-9)8-14/h2-3,7-9,12H,4-6H2,1H3. The van der Waals surface area contributed by atoms with Gasteiger partial charge in [0.2, 0.25) is 0 Å². The van der Waals surface area contributed by atoms with Crippen LogP contribution in [0.2, 0.25) is 0 Å². The van der Waals surface area contributed by atoms with Gasteiger partial charge in [-0.15, -0.1) is 0 Å². The van der Waals surface area contributed by atoms with Gasteiger partial charge in [0.05, 0.1) is 0 Å². The molecule has 76 valence electrons. The van der Waals surface area contributed by atoms with Crippen LogP contribution in [-0.4, -0.2) is 26.2 Å². The molecule has 1 N–H and O–H groups in total. The monoisotopic (exact) mass is 193 g/mol. The Bertz CT molecular complexity index is 279. The van der Waals surface area contributed by atoms with E-state index in [1.54, 1.807) is 6.08 Å². The Morgan fingerprint density at radius 3 is 2.86 bits per heavy atom. The average molecular weight is 193 g/mol. The predicted molar refractivity (Wildman–Crippen MR) is 54.9 cm³/mol. The fourth-order valence-electron chi connectivity index (χ4n) is 1.57. The number of allylic oxidation sites excluding steroid dienone is 4. The van der Waals surface area contributed by atoms with E-state index in [0.717, 1.165) is 25.5 Å². The molecule has 14 heavy (non-hydrogen) atoms. The Morgan fingerprint density at radius 1 is 1.50 bits per heavy atom. The highest BCUT2D eigenvalue weighted by molar-refractivity contribution is 5.90. The van der Waals surface area contributed by atoms with Crippen LogP contribution >= 0.6 is 0 Å². The molecule has 1 aliphatic carbocycles. The summed E-state index contributed by atoms with van der Waals surface area (Å²) in [6.45, 7) is 0.928. The largest absolute Gasteiger partial charge is 0.320 e. The zero-order chi connectivity index (χ0) is 10.4. The Hall–Kier alpha value is -1.22. The smallest absolute Gasteiger partial charge is 0.150 e. The van der Waals surface area contributed by atoms with Crippen LogP contribution in [-0.2, 0) is 9.59 Å². The molecule has 0 bridgehead atoms. The summed E-state index contributed by atoms with van der Waals surface area (Å²) in [5, 5.41) is 3.07. The van der Waals surface area contributed by atoms with E-state index < -0.39 is 0 Å². The van der Waals surface area contributed by atoms with Crippen molar-refractivity contribution in [2.45, 2.75) is 12.8 Å². The Morgan fingerprint density at radius 2 is 2.29 bits per heavy atom. The van der Waals surface area contributed by atoms with Gasteiger partial charge >= 0.3 is 0 Å². The maximum Gasteiger partial charge on any atom is 0.150 e. The van der Waals surface area contributed by atoms with Crippen LogP contribution < -0.4 is 5.32 Å². The maximum atomic E-state index is 10.7. The summed E-state index contributed by atoms with van der Waals surface area (Å²) >= 11 is 0. The Labute approximate surface area is 83.9 Å². The Kier molecular flexibility index (Phi) is 4.26. The van der Waals surface area contributed by atoms with Crippen LogP contribution in [0.5, 0.6) is 0 Å². The zero-order valence-corrected chi connectivity index (χ0v) is 8.32. The zero-order valence-electron chi connectivity index (χ0n) is 8.32. The third-order valence-electron chi connectivity index (χ3n) is 2.44. The number of carbonyl (C=O) groups excluding carboxylic acids is 2. The van der Waals surface area contributed by atoms with Gasteiger partial charge in [-0.2, -0.15) is 0 Å². The van der Waals surface area contributed by atoms with Gasteiger partial charge in [0.25, 0.3) is 0 Å². The highest BCUT2D eigenvalue weighted by Gasteiger charge is 2.14. The molecule has 0 aromatic heterocycles. The molecule has 0 aromatic rings. The number of nitrogens with one attached hydrogen (secondary N) is 1. The second kappa shape index (κ2) is 5.50. The third kappa shape index (κ3) is 2.64. The number of hydrogen-bond acceptors (Lipinski definition) is 3. The van der Waals surface area contributed by atoms with E-state index in [1.807, 2.05) is 13.1 Å². The van der Waals surface area contributed by atoms with E-state index in [9.17, 15) is 9.59 Å². The molecule has 0 fully saturated rings. The summed E-state index contributed by atoms with van der Waals surface area (Å²) in [5.41, 5.74) is 1.16. The van der Waals surface area contributed by atoms with Gasteiger partial charge in [-0.25, -0.2) is 0 Å². The van der Waals surface area contributed by atoms with Crippen molar-refractivity contribution in [1.29, 1.82) is 0 Å². The van der Waals surface area contributed by atoms with Crippen molar-refractivity contribution in [2.75, 3.05) is 13.6 Å². The van der Waals surface area contributed by atoms with Crippen LogP contribution in [0.1, 0.15) is 12.8 Å². The van der Waals surface area contributed by atoms with Gasteiger partial charge in [0, 0.05) is 11.1 Å². The number of aldehydes is 2. The number of rotatable bonds is 5. The normalized spacial score (nSPS) is 21.1. The Balaban J connectivity index is 2.61. The van der Waals surface area contributed by atoms with Crippen molar-refractivity contribution in [1.82, 2.24) is 5.32 Å². The van der Waals surface area contributed by atoms with E-state index in [-0.39, 0.29) is 0 Å². The van der Waals surface area contributed by atoms with E-state index in [0.29, 0.717) is 23.5 Å². The van der Waals surface area contributed by atoms with Gasteiger partial charge in [-0.3, -0.25) is 9.59 Å². The molecule has 1 rings (SSSR count). The second-order valence-electron chi connectivity index (χ2n) is 3.43. The predicted octanol–water partition coefficient (Wildman–Crippen LogP) is 0.866. The lowest BCUT2D eigenvalue weighted by atomic mass is 9.88. The molecule has 0 saturated heterocycles. The van der Waals surface area contributed by atoms with Crippen molar-refractivity contribution in [3.63, 3.8) is 0 Å². The minimum atomic E-state index is 0.381. The number of hydrogen-bond donors (Lipinski definition) is 1. The molecule has 3 heteroatoms. The van der Waals surface area contributed by atoms with Crippen LogP contribution in [0.15, 0.2) is 23.3 Å². The summed E-state index contributed by atoms with van der Waals surface area (Å²) < 4.78 is 0. The summed E-state index contributed by atoms with van der Waals surface area (Å²) in [4.78, 5) is 21.3. The third-order valence-corrected chi connectivity index (χ3v) is 2.44. The van der Waals surface area contributed by atoms with E-state index in [1.165, 1.54) is 0 Å². The minimum absolute atomic E-state index is 0.381. The molecule has 0 spiro atoms. The highest BCUT2D eigenvalue weighted by atomic mass is 16.1. The molecule has 0 aromatic carbocycles. The fourth-order valence-corrected chi connectivity index (χ4v) is 1.57. The van der Waals surface area contributed by atoms with Crippen LogP contribution in [0.25, 0.3) is 0 Å². The van der Waals surface area contributed by atoms with Crippen molar-refractivity contribution in [3.8, 4) is 0 Å². The first-order valence-corrected chi connectivity index (χ1v) is 4.78. The molecule has 1 unspecified atom stereocenters. The molecule has 0 radical (unpaired) electrons. The summed E-state index contributed by atoms with van der Waals surface area (Å²) in [7, 11) is 1.90. The van der Waals surface area contributed by atoms with Gasteiger partial charge in [-0.05, 0) is 32.4 Å². The quantitative estimate of drug-likeness (QED) is 0.659. The summed E-state index contributed by atoms with van der Waals surface area (Å²) in [6, 6.07) is 0. The molecule has 0 saturated carbocycles. The fraction of sp³-hybridized carbons (Fsp3) is 0.455. The molecular weight excluding hydrogens is 178 g/mol. The van der Waals surface area contributed by atoms with Gasteiger partial charge < -0.3 is 5.32 Å². The highest BCUT2D eigenvalue weighted by Crippen LogP contribution is 2.23. The topological polar surface area (TPSA) is 46.2 Å². The van der Waals surface area contributed by atoms with E-state index in [4.69, 9.17) is 0 Å². The van der Waals surface area contributed by atoms with Crippen molar-refractivity contribution < 1.29 is 9.59 Å². The first kappa shape index (κ1) is 10.9. The SMILES string of the molecule is CNCCC1C=CC(C=O)=C(C=O)C1. The number of carbonyl (C=O) groups is 2. The summed E-state index contributed by atoms with van der Waals surface area (Å²) in [6.07, 6.45) is 6.98. The molecule has 1 aliphatic rings. The van der Waals surface area contributed by atoms with E-state index >= 15 is 0 Å². The first-order chi connectivity index (χ1) is 6.81. The average Bonchev–Trinajstić information content (AvgIpc) is 2.25. The lowest BCUT2D eigenvalue weighted by Crippen LogP contribution is -2.15. The van der Waals surface area contributed by atoms with Gasteiger partial charge in [0.15, 0.2) is 0 Å². The van der Waals surface area contributed by atoms with Crippen molar-refractivity contribution in [2.24, 2.45) is 5.92 Å². The molecule has 0 aliphatic heterocycles. The van der Waals surface area contributed by atoms with Gasteiger partial charge in [0.1, 0.15) is 12.6 Å². The lowest BCUT2D eigenvalue weighted by molar-refractivity contribution is -0.107. The molecule has 0 heterocycles. The first-order valence-electron chi connectivity index (χ1n) is 4.78. The van der Waals surface area contributed by atoms with Crippen LogP contribution in [0, 0.1) is 5.92 Å². The van der Waals surface area contributed by atoms with Crippen LogP contribution in [0.3, 0.4) is 0 Å². The van der Waals surface area contributed by atoms with E-state index in [2.05, 4.69) is 5.32 Å².